The number of halogens is 1. The molecule has 7 nitrogen and oxygen atoms in total. The zero-order valence-corrected chi connectivity index (χ0v) is 13.5. The Labute approximate surface area is 145 Å². The summed E-state index contributed by atoms with van der Waals surface area (Å²) >= 11 is 7.19. The molecule has 9 heteroatoms. The number of aliphatic hydroxyl groups excluding tert-OH is 1. The van der Waals surface area contributed by atoms with Crippen LogP contribution in [0.2, 0.25) is 5.02 Å². The van der Waals surface area contributed by atoms with Crippen molar-refractivity contribution in [2.75, 3.05) is 0 Å². The first kappa shape index (κ1) is 15.1. The lowest BCUT2D eigenvalue weighted by Gasteiger charge is -2.21. The van der Waals surface area contributed by atoms with Crippen molar-refractivity contribution < 1.29 is 10.0 Å². The summed E-state index contributed by atoms with van der Waals surface area (Å²) in [7, 11) is 0. The molecular formula is C15H9ClN4O3S. The molecule has 0 bridgehead atoms. The monoisotopic (exact) mass is 360 g/mol. The number of non-ortho nitro benzene ring substituents is 1. The van der Waals surface area contributed by atoms with Crippen LogP contribution >= 0.6 is 23.4 Å². The maximum absolute atomic E-state index is 10.9. The molecule has 3 aromatic rings. The van der Waals surface area contributed by atoms with E-state index < -0.39 is 11.2 Å². The summed E-state index contributed by atoms with van der Waals surface area (Å²) in [6, 6.07) is 11.4. The van der Waals surface area contributed by atoms with Gasteiger partial charge in [-0.3, -0.25) is 10.1 Å². The molecule has 0 fully saturated rings. The van der Waals surface area contributed by atoms with E-state index in [4.69, 9.17) is 11.6 Å². The number of rotatable bonds is 2. The lowest BCUT2D eigenvalue weighted by Crippen LogP contribution is -2.17. The van der Waals surface area contributed by atoms with Crippen LogP contribution < -0.4 is 0 Å². The highest BCUT2D eigenvalue weighted by atomic mass is 35.5. The Morgan fingerprint density at radius 1 is 1.25 bits per heavy atom. The van der Waals surface area contributed by atoms with Crippen molar-refractivity contribution in [3.05, 3.63) is 63.2 Å². The Kier molecular flexibility index (Phi) is 3.52. The molecule has 0 spiro atoms. The van der Waals surface area contributed by atoms with Crippen LogP contribution in [0.15, 0.2) is 52.5 Å². The van der Waals surface area contributed by atoms with Gasteiger partial charge in [0, 0.05) is 33.2 Å². The Morgan fingerprint density at radius 3 is 2.71 bits per heavy atom. The van der Waals surface area contributed by atoms with E-state index in [0.717, 1.165) is 10.5 Å². The average Bonchev–Trinajstić information content (AvgIpc) is 2.99. The highest BCUT2D eigenvalue weighted by molar-refractivity contribution is 7.99. The third-order valence-electron chi connectivity index (χ3n) is 3.62. The summed E-state index contributed by atoms with van der Waals surface area (Å²) in [4.78, 5) is 15.6. The molecule has 0 unspecified atom stereocenters. The minimum Gasteiger partial charge on any atom is -0.368 e. The Hall–Kier alpha value is -2.42. The molecule has 2 heterocycles. The lowest BCUT2D eigenvalue weighted by molar-refractivity contribution is -0.385. The zero-order chi connectivity index (χ0) is 16.8. The lowest BCUT2D eigenvalue weighted by atomic mass is 10.1. The minimum atomic E-state index is -1.12. The van der Waals surface area contributed by atoms with Crippen LogP contribution in [0.1, 0.15) is 11.8 Å². The summed E-state index contributed by atoms with van der Waals surface area (Å²) in [5.41, 5.74) is 1.13. The number of aromatic nitrogens is 3. The van der Waals surface area contributed by atoms with Crippen LogP contribution in [-0.2, 0) is 0 Å². The molecule has 1 N–H and O–H groups in total. The van der Waals surface area contributed by atoms with Crippen LogP contribution in [0.3, 0.4) is 0 Å². The molecule has 2 aromatic carbocycles. The van der Waals surface area contributed by atoms with Crippen molar-refractivity contribution in [1.82, 2.24) is 14.8 Å². The van der Waals surface area contributed by atoms with Gasteiger partial charge in [-0.15, -0.1) is 5.10 Å². The average molecular weight is 361 g/mol. The van der Waals surface area contributed by atoms with Crippen molar-refractivity contribution in [1.29, 1.82) is 0 Å². The van der Waals surface area contributed by atoms with Gasteiger partial charge in [-0.05, 0) is 42.1 Å². The van der Waals surface area contributed by atoms with Crippen LogP contribution in [0, 0.1) is 10.1 Å². The third-order valence-corrected chi connectivity index (χ3v) is 4.92. The molecule has 1 aliphatic heterocycles. The molecule has 1 atom stereocenters. The molecule has 4 rings (SSSR count). The van der Waals surface area contributed by atoms with Gasteiger partial charge < -0.3 is 5.11 Å². The molecule has 1 aliphatic rings. The first-order valence-electron chi connectivity index (χ1n) is 6.89. The van der Waals surface area contributed by atoms with Gasteiger partial charge in [-0.2, -0.15) is 0 Å². The second-order valence-corrected chi connectivity index (χ2v) is 6.57. The molecule has 120 valence electrons. The number of fused-ring (bicyclic) bond motifs is 2. The molecule has 0 amide bonds. The van der Waals surface area contributed by atoms with E-state index in [-0.39, 0.29) is 5.69 Å². The van der Waals surface area contributed by atoms with Gasteiger partial charge in [0.05, 0.1) is 4.92 Å². The number of nitro groups is 1. The fourth-order valence-electron chi connectivity index (χ4n) is 2.43. The van der Waals surface area contributed by atoms with Crippen LogP contribution in [-0.4, -0.2) is 24.8 Å². The normalized spacial score (nSPS) is 15.7. The maximum atomic E-state index is 10.9. The highest BCUT2D eigenvalue weighted by Gasteiger charge is 2.29. The summed E-state index contributed by atoms with van der Waals surface area (Å²) in [6.45, 7) is 0. The number of hydrogen-bond donors (Lipinski definition) is 1. The van der Waals surface area contributed by atoms with Crippen LogP contribution in [0.4, 0.5) is 5.69 Å². The minimum absolute atomic E-state index is 0.0742. The molecule has 0 saturated heterocycles. The molecule has 0 aliphatic carbocycles. The fourth-order valence-corrected chi connectivity index (χ4v) is 3.54. The molecule has 24 heavy (non-hydrogen) atoms. The Morgan fingerprint density at radius 2 is 2.00 bits per heavy atom. The van der Waals surface area contributed by atoms with Gasteiger partial charge in [0.2, 0.25) is 0 Å². The Bertz CT molecular complexity index is 958. The topological polar surface area (TPSA) is 94.1 Å². The second kappa shape index (κ2) is 5.59. The molecule has 0 radical (unpaired) electrons. The SMILES string of the molecule is O=[N+]([O-])c1ccc2c(c1)[C@H](O)n1nc(-c3ccc(Cl)cc3)nc1S2. The van der Waals surface area contributed by atoms with Crippen molar-refractivity contribution in [2.45, 2.75) is 16.3 Å². The van der Waals surface area contributed by atoms with E-state index in [2.05, 4.69) is 10.1 Å². The van der Waals surface area contributed by atoms with Crippen molar-refractivity contribution in [3.8, 4) is 11.4 Å². The van der Waals surface area contributed by atoms with E-state index in [0.29, 0.717) is 21.6 Å². The molecule has 1 aromatic heterocycles. The quantitative estimate of drug-likeness (QED) is 0.555. The predicted molar refractivity (Wildman–Crippen MR) is 88.0 cm³/mol. The summed E-state index contributed by atoms with van der Waals surface area (Å²) in [5, 5.41) is 26.9. The third kappa shape index (κ3) is 2.44. The van der Waals surface area contributed by atoms with Gasteiger partial charge in [-0.25, -0.2) is 9.67 Å². The van der Waals surface area contributed by atoms with E-state index >= 15 is 0 Å². The number of aliphatic hydroxyl groups is 1. The number of benzene rings is 2. The van der Waals surface area contributed by atoms with Gasteiger partial charge >= 0.3 is 0 Å². The first-order valence-corrected chi connectivity index (χ1v) is 8.09. The maximum Gasteiger partial charge on any atom is 0.269 e. The smallest absolute Gasteiger partial charge is 0.269 e. The van der Waals surface area contributed by atoms with Gasteiger partial charge in [0.15, 0.2) is 17.2 Å². The van der Waals surface area contributed by atoms with Gasteiger partial charge in [-0.1, -0.05) is 11.6 Å². The number of nitro benzene ring substituents is 1. The fraction of sp³-hybridized carbons (Fsp3) is 0.0667. The Balaban J connectivity index is 1.76. The standard InChI is InChI=1S/C15H9ClN4O3S/c16-9-3-1-8(2-4-9)13-17-15-19(18-13)14(21)11-7-10(20(22)23)5-6-12(11)24-15/h1-7,14,21H/t14-/m0/s1. The predicted octanol–water partition coefficient (Wildman–Crippen LogP) is 3.51. The van der Waals surface area contributed by atoms with Gasteiger partial charge in [0.25, 0.3) is 5.69 Å². The van der Waals surface area contributed by atoms with Crippen molar-refractivity contribution in [3.63, 3.8) is 0 Å². The largest absolute Gasteiger partial charge is 0.368 e. The second-order valence-electron chi connectivity index (χ2n) is 5.12. The van der Waals surface area contributed by atoms with Gasteiger partial charge in [0.1, 0.15) is 0 Å². The van der Waals surface area contributed by atoms with E-state index in [9.17, 15) is 15.2 Å². The first-order chi connectivity index (χ1) is 11.5. The molecular weight excluding hydrogens is 352 g/mol. The summed E-state index contributed by atoms with van der Waals surface area (Å²) < 4.78 is 1.36. The number of hydrogen-bond acceptors (Lipinski definition) is 6. The zero-order valence-electron chi connectivity index (χ0n) is 12.0. The highest BCUT2D eigenvalue weighted by Crippen LogP contribution is 2.41. The van der Waals surface area contributed by atoms with Crippen molar-refractivity contribution >= 4 is 29.1 Å². The van der Waals surface area contributed by atoms with E-state index in [1.54, 1.807) is 30.3 Å². The van der Waals surface area contributed by atoms with E-state index in [1.165, 1.54) is 28.6 Å². The van der Waals surface area contributed by atoms with Crippen LogP contribution in [0.25, 0.3) is 11.4 Å². The number of nitrogens with zero attached hydrogens (tertiary/aromatic N) is 4. The summed E-state index contributed by atoms with van der Waals surface area (Å²) in [6.07, 6.45) is -1.12. The molecule has 0 saturated carbocycles. The summed E-state index contributed by atoms with van der Waals surface area (Å²) in [5.74, 6) is 0.454. The van der Waals surface area contributed by atoms with Crippen molar-refractivity contribution in [2.24, 2.45) is 0 Å². The van der Waals surface area contributed by atoms with E-state index in [1.807, 2.05) is 0 Å². The van der Waals surface area contributed by atoms with Crippen LogP contribution in [0.5, 0.6) is 0 Å².